The number of aliphatic hydroxyl groups excluding tert-OH is 1. The van der Waals surface area contributed by atoms with Crippen molar-refractivity contribution in [3.8, 4) is 0 Å². The molecule has 4 aliphatic rings. The summed E-state index contributed by atoms with van der Waals surface area (Å²) in [5.41, 5.74) is 0. The van der Waals surface area contributed by atoms with Gasteiger partial charge in [0.2, 0.25) is 0 Å². The molecule has 5 unspecified atom stereocenters. The number of hydrogen-bond acceptors (Lipinski definition) is 1. The van der Waals surface area contributed by atoms with Gasteiger partial charge in [0.25, 0.3) is 0 Å². The fourth-order valence-corrected chi connectivity index (χ4v) is 4.59. The smallest absolute Gasteiger partial charge is 0.0546 e. The Balaban J connectivity index is 1.87. The summed E-state index contributed by atoms with van der Waals surface area (Å²) in [6.45, 7) is 2.43. The van der Waals surface area contributed by atoms with Crippen molar-refractivity contribution in [3.63, 3.8) is 0 Å². The molecule has 13 heavy (non-hydrogen) atoms. The van der Waals surface area contributed by atoms with Gasteiger partial charge >= 0.3 is 0 Å². The van der Waals surface area contributed by atoms with Gasteiger partial charge < -0.3 is 5.11 Å². The summed E-state index contributed by atoms with van der Waals surface area (Å²) in [5, 5.41) is 9.71. The summed E-state index contributed by atoms with van der Waals surface area (Å²) in [6, 6.07) is 0. The first kappa shape index (κ1) is 8.28. The van der Waals surface area contributed by atoms with Gasteiger partial charge in [-0.05, 0) is 61.7 Å². The normalized spacial score (nSPS) is 59.5. The Kier molecular flexibility index (Phi) is 1.74. The predicted molar refractivity (Wildman–Crippen MR) is 52.2 cm³/mol. The van der Waals surface area contributed by atoms with E-state index in [1.807, 2.05) is 0 Å². The zero-order valence-electron chi connectivity index (χ0n) is 8.45. The first-order valence-corrected chi connectivity index (χ1v) is 5.93. The maximum Gasteiger partial charge on any atom is 0.0546 e. The Labute approximate surface area is 80.5 Å². The van der Waals surface area contributed by atoms with Crippen LogP contribution in [-0.4, -0.2) is 11.2 Å². The quantitative estimate of drug-likeness (QED) is 0.607. The zero-order chi connectivity index (χ0) is 9.00. The van der Waals surface area contributed by atoms with E-state index >= 15 is 0 Å². The van der Waals surface area contributed by atoms with Gasteiger partial charge in [-0.2, -0.15) is 0 Å². The molecular formula is C12H20O. The van der Waals surface area contributed by atoms with Crippen LogP contribution in [0.3, 0.4) is 0 Å². The molecule has 0 amide bonds. The van der Waals surface area contributed by atoms with Crippen molar-refractivity contribution in [2.45, 2.75) is 45.1 Å². The minimum Gasteiger partial charge on any atom is -0.393 e. The number of fused-ring (bicyclic) bond motifs is 2. The van der Waals surface area contributed by atoms with Crippen LogP contribution in [0.4, 0.5) is 0 Å². The maximum absolute atomic E-state index is 9.71. The maximum atomic E-state index is 9.71. The molecule has 0 aromatic heterocycles. The third kappa shape index (κ3) is 1.09. The Hall–Kier alpha value is -0.0400. The van der Waals surface area contributed by atoms with Crippen LogP contribution in [0.15, 0.2) is 0 Å². The van der Waals surface area contributed by atoms with Gasteiger partial charge in [-0.3, -0.25) is 0 Å². The topological polar surface area (TPSA) is 20.2 Å². The third-order valence-corrected chi connectivity index (χ3v) is 5.07. The van der Waals surface area contributed by atoms with Gasteiger partial charge in [0.05, 0.1) is 6.10 Å². The molecule has 1 N–H and O–H groups in total. The lowest BCUT2D eigenvalue weighted by Gasteiger charge is -2.49. The molecule has 4 fully saturated rings. The zero-order valence-corrected chi connectivity index (χ0v) is 8.45. The largest absolute Gasteiger partial charge is 0.393 e. The van der Waals surface area contributed by atoms with Crippen molar-refractivity contribution >= 4 is 0 Å². The van der Waals surface area contributed by atoms with Crippen molar-refractivity contribution in [3.05, 3.63) is 0 Å². The second-order valence-electron chi connectivity index (χ2n) is 5.67. The molecular weight excluding hydrogens is 160 g/mol. The molecule has 0 radical (unpaired) electrons. The highest BCUT2D eigenvalue weighted by Gasteiger charge is 2.50. The van der Waals surface area contributed by atoms with Gasteiger partial charge in [-0.25, -0.2) is 0 Å². The predicted octanol–water partition coefficient (Wildman–Crippen LogP) is 2.44. The molecule has 1 heteroatoms. The first-order valence-electron chi connectivity index (χ1n) is 5.93. The van der Waals surface area contributed by atoms with Crippen molar-refractivity contribution < 1.29 is 5.11 Å². The van der Waals surface area contributed by atoms with Crippen molar-refractivity contribution in [2.75, 3.05) is 0 Å². The Bertz CT molecular complexity index is 211. The molecule has 0 heterocycles. The lowest BCUT2D eigenvalue weighted by molar-refractivity contribution is 0.00105. The van der Waals surface area contributed by atoms with E-state index in [4.69, 9.17) is 0 Å². The molecule has 0 aliphatic heterocycles. The lowest BCUT2D eigenvalue weighted by atomic mass is 9.56. The fourth-order valence-electron chi connectivity index (χ4n) is 4.59. The SMILES string of the molecule is C[C@@H]1CC2CCC1C1CC(O)CC21. The van der Waals surface area contributed by atoms with E-state index in [1.54, 1.807) is 0 Å². The fraction of sp³-hybridized carbons (Fsp3) is 1.00. The van der Waals surface area contributed by atoms with Crippen molar-refractivity contribution in [1.29, 1.82) is 0 Å². The van der Waals surface area contributed by atoms with Crippen LogP contribution in [0.2, 0.25) is 0 Å². The Morgan fingerprint density at radius 3 is 2.46 bits per heavy atom. The molecule has 4 aliphatic carbocycles. The highest BCUT2D eigenvalue weighted by Crippen LogP contribution is 2.57. The lowest BCUT2D eigenvalue weighted by Crippen LogP contribution is -2.41. The van der Waals surface area contributed by atoms with Crippen LogP contribution in [0, 0.1) is 29.6 Å². The highest BCUT2D eigenvalue weighted by atomic mass is 16.3. The molecule has 1 nitrogen and oxygen atoms in total. The molecule has 0 saturated heterocycles. The van der Waals surface area contributed by atoms with E-state index < -0.39 is 0 Å². The van der Waals surface area contributed by atoms with Gasteiger partial charge in [-0.1, -0.05) is 6.92 Å². The molecule has 4 rings (SSSR count). The van der Waals surface area contributed by atoms with Crippen LogP contribution >= 0.6 is 0 Å². The molecule has 4 saturated carbocycles. The molecule has 0 aromatic carbocycles. The summed E-state index contributed by atoms with van der Waals surface area (Å²) < 4.78 is 0. The Morgan fingerprint density at radius 2 is 1.69 bits per heavy atom. The molecule has 0 aromatic rings. The van der Waals surface area contributed by atoms with E-state index in [0.717, 1.165) is 42.4 Å². The summed E-state index contributed by atoms with van der Waals surface area (Å²) in [5.74, 6) is 4.70. The van der Waals surface area contributed by atoms with Crippen LogP contribution in [0.1, 0.15) is 39.0 Å². The first-order chi connectivity index (χ1) is 6.25. The van der Waals surface area contributed by atoms with E-state index in [0.29, 0.717) is 0 Å². The molecule has 0 spiro atoms. The average molecular weight is 180 g/mol. The summed E-state index contributed by atoms with van der Waals surface area (Å²) in [4.78, 5) is 0. The van der Waals surface area contributed by atoms with Crippen molar-refractivity contribution in [2.24, 2.45) is 29.6 Å². The van der Waals surface area contributed by atoms with Gasteiger partial charge in [0.15, 0.2) is 0 Å². The average Bonchev–Trinajstić information content (AvgIpc) is 2.47. The number of rotatable bonds is 0. The van der Waals surface area contributed by atoms with Crippen LogP contribution in [0.25, 0.3) is 0 Å². The second kappa shape index (κ2) is 2.73. The molecule has 74 valence electrons. The summed E-state index contributed by atoms with van der Waals surface area (Å²) in [7, 11) is 0. The summed E-state index contributed by atoms with van der Waals surface area (Å²) in [6.07, 6.45) is 6.67. The van der Waals surface area contributed by atoms with E-state index in [9.17, 15) is 5.11 Å². The van der Waals surface area contributed by atoms with Crippen LogP contribution in [0.5, 0.6) is 0 Å². The minimum atomic E-state index is 0.0448. The van der Waals surface area contributed by atoms with E-state index in [-0.39, 0.29) is 6.10 Å². The molecule has 6 atom stereocenters. The third-order valence-electron chi connectivity index (χ3n) is 5.07. The number of aliphatic hydroxyl groups is 1. The van der Waals surface area contributed by atoms with Gasteiger partial charge in [0, 0.05) is 0 Å². The standard InChI is InChI=1S/C12H20O/c1-7-4-8-2-3-10(7)12-6-9(13)5-11(8)12/h7-13H,2-6H2,1H3/t7-,8?,9?,10?,11?,12?/m1/s1. The van der Waals surface area contributed by atoms with Crippen molar-refractivity contribution in [1.82, 2.24) is 0 Å². The van der Waals surface area contributed by atoms with Gasteiger partial charge in [0.1, 0.15) is 0 Å². The second-order valence-corrected chi connectivity index (χ2v) is 5.67. The van der Waals surface area contributed by atoms with E-state index in [2.05, 4.69) is 6.92 Å². The Morgan fingerprint density at radius 1 is 0.923 bits per heavy atom. The minimum absolute atomic E-state index is 0.0448. The van der Waals surface area contributed by atoms with E-state index in [1.165, 1.54) is 19.3 Å². The highest BCUT2D eigenvalue weighted by molar-refractivity contribution is 5.00. The number of hydrogen-bond donors (Lipinski definition) is 1. The molecule has 2 bridgehead atoms. The van der Waals surface area contributed by atoms with Crippen LogP contribution < -0.4 is 0 Å². The van der Waals surface area contributed by atoms with Crippen LogP contribution in [-0.2, 0) is 0 Å². The van der Waals surface area contributed by atoms with Gasteiger partial charge in [-0.15, -0.1) is 0 Å². The summed E-state index contributed by atoms with van der Waals surface area (Å²) >= 11 is 0. The monoisotopic (exact) mass is 180 g/mol.